The second kappa shape index (κ2) is 6.32. The van der Waals surface area contributed by atoms with Gasteiger partial charge in [-0.3, -0.25) is 4.79 Å². The summed E-state index contributed by atoms with van der Waals surface area (Å²) in [6.45, 7) is 5.06. The van der Waals surface area contributed by atoms with Crippen LogP contribution >= 0.6 is 0 Å². The number of carboxylic acids is 1. The summed E-state index contributed by atoms with van der Waals surface area (Å²) in [5.41, 5.74) is -1.43. The summed E-state index contributed by atoms with van der Waals surface area (Å²) >= 11 is 0. The molecular weight excluding hydrogens is 212 g/mol. The average molecular weight is 232 g/mol. The minimum absolute atomic E-state index is 0.0458. The Morgan fingerprint density at radius 3 is 2.44 bits per heavy atom. The molecule has 6 heteroatoms. The van der Waals surface area contributed by atoms with Crippen LogP contribution < -0.4 is 10.6 Å². The maximum Gasteiger partial charge on any atom is 0.315 e. The van der Waals surface area contributed by atoms with E-state index in [0.717, 1.165) is 6.42 Å². The van der Waals surface area contributed by atoms with Crippen LogP contribution in [0.5, 0.6) is 0 Å². The molecule has 0 bridgehead atoms. The minimum atomic E-state index is -1.43. The minimum Gasteiger partial charge on any atom is -0.481 e. The number of aliphatic hydroxyl groups is 1. The Morgan fingerprint density at radius 1 is 1.44 bits per heavy atom. The lowest BCUT2D eigenvalue weighted by atomic mass is 10.0. The fraction of sp³-hybridized carbons (Fsp3) is 0.800. The zero-order valence-electron chi connectivity index (χ0n) is 9.91. The van der Waals surface area contributed by atoms with E-state index in [4.69, 9.17) is 5.11 Å². The number of hydrogen-bond donors (Lipinski definition) is 4. The van der Waals surface area contributed by atoms with E-state index in [9.17, 15) is 14.7 Å². The van der Waals surface area contributed by atoms with Crippen molar-refractivity contribution in [1.29, 1.82) is 0 Å². The number of nitrogens with one attached hydrogen (secondary N) is 2. The van der Waals surface area contributed by atoms with Gasteiger partial charge in [-0.05, 0) is 20.3 Å². The Balaban J connectivity index is 3.94. The third-order valence-electron chi connectivity index (χ3n) is 2.15. The van der Waals surface area contributed by atoms with E-state index in [2.05, 4.69) is 10.6 Å². The summed E-state index contributed by atoms with van der Waals surface area (Å²) in [5, 5.41) is 23.2. The van der Waals surface area contributed by atoms with Crippen LogP contribution in [0.4, 0.5) is 4.79 Å². The topological polar surface area (TPSA) is 98.7 Å². The normalized spacial score (nSPS) is 16.0. The zero-order valence-corrected chi connectivity index (χ0v) is 9.91. The van der Waals surface area contributed by atoms with Gasteiger partial charge in [-0.15, -0.1) is 0 Å². The number of hydrogen-bond acceptors (Lipinski definition) is 3. The molecule has 0 aromatic carbocycles. The molecule has 6 nitrogen and oxygen atoms in total. The Kier molecular flexibility index (Phi) is 5.81. The monoisotopic (exact) mass is 232 g/mol. The van der Waals surface area contributed by atoms with Crippen molar-refractivity contribution in [1.82, 2.24) is 10.6 Å². The van der Waals surface area contributed by atoms with Gasteiger partial charge in [-0.1, -0.05) is 6.92 Å². The highest BCUT2D eigenvalue weighted by atomic mass is 16.4. The number of carbonyl (C=O) groups excluding carboxylic acids is 1. The van der Waals surface area contributed by atoms with Crippen molar-refractivity contribution in [2.75, 3.05) is 6.54 Å². The summed E-state index contributed by atoms with van der Waals surface area (Å²) in [4.78, 5) is 21.7. The molecule has 0 rings (SSSR count). The van der Waals surface area contributed by atoms with Gasteiger partial charge < -0.3 is 20.8 Å². The second-order valence-electron chi connectivity index (χ2n) is 4.20. The summed E-state index contributed by atoms with van der Waals surface area (Å²) in [6.07, 6.45) is 0.398. The number of amides is 2. The lowest BCUT2D eigenvalue weighted by Gasteiger charge is -2.22. The Bertz CT molecular complexity index is 253. The van der Waals surface area contributed by atoms with Crippen LogP contribution in [-0.2, 0) is 4.79 Å². The smallest absolute Gasteiger partial charge is 0.315 e. The van der Waals surface area contributed by atoms with E-state index in [-0.39, 0.29) is 12.6 Å². The van der Waals surface area contributed by atoms with Gasteiger partial charge in [0.25, 0.3) is 0 Å². The quantitative estimate of drug-likeness (QED) is 0.529. The number of rotatable bonds is 6. The first kappa shape index (κ1) is 14.7. The highest BCUT2D eigenvalue weighted by Gasteiger charge is 2.24. The van der Waals surface area contributed by atoms with Crippen molar-refractivity contribution in [3.05, 3.63) is 0 Å². The van der Waals surface area contributed by atoms with Crippen molar-refractivity contribution in [3.8, 4) is 0 Å². The molecule has 16 heavy (non-hydrogen) atoms. The molecule has 0 aliphatic heterocycles. The molecule has 0 aliphatic rings. The van der Waals surface area contributed by atoms with Crippen LogP contribution in [-0.4, -0.2) is 40.4 Å². The third-order valence-corrected chi connectivity index (χ3v) is 2.15. The molecule has 0 fully saturated rings. The van der Waals surface area contributed by atoms with Crippen molar-refractivity contribution in [3.63, 3.8) is 0 Å². The molecule has 0 aromatic rings. The molecular formula is C10H20N2O4. The Morgan fingerprint density at radius 2 is 2.00 bits per heavy atom. The second-order valence-corrected chi connectivity index (χ2v) is 4.20. The first-order chi connectivity index (χ1) is 7.26. The molecule has 2 atom stereocenters. The van der Waals surface area contributed by atoms with Crippen molar-refractivity contribution < 1.29 is 19.8 Å². The Labute approximate surface area is 95.0 Å². The summed E-state index contributed by atoms with van der Waals surface area (Å²) < 4.78 is 0. The predicted molar refractivity (Wildman–Crippen MR) is 59.2 cm³/mol. The molecule has 4 N–H and O–H groups in total. The van der Waals surface area contributed by atoms with Crippen LogP contribution in [0.1, 0.15) is 33.6 Å². The van der Waals surface area contributed by atoms with E-state index in [1.54, 1.807) is 0 Å². The van der Waals surface area contributed by atoms with Gasteiger partial charge in [0.15, 0.2) is 0 Å². The fourth-order valence-corrected chi connectivity index (χ4v) is 1.04. The maximum atomic E-state index is 11.3. The van der Waals surface area contributed by atoms with Crippen LogP contribution in [0.2, 0.25) is 0 Å². The molecule has 2 unspecified atom stereocenters. The van der Waals surface area contributed by atoms with Gasteiger partial charge in [-0.25, -0.2) is 4.79 Å². The lowest BCUT2D eigenvalue weighted by molar-refractivity contribution is -0.141. The summed E-state index contributed by atoms with van der Waals surface area (Å²) in [6, 6.07) is -0.357. The van der Waals surface area contributed by atoms with E-state index >= 15 is 0 Å². The SMILES string of the molecule is CCC(C)NC(=O)NCC(C)(O)CC(=O)O. The molecule has 94 valence electrons. The largest absolute Gasteiger partial charge is 0.481 e. The van der Waals surface area contributed by atoms with Crippen molar-refractivity contribution in [2.45, 2.75) is 45.3 Å². The van der Waals surface area contributed by atoms with Gasteiger partial charge in [0.1, 0.15) is 0 Å². The number of carbonyl (C=O) groups is 2. The van der Waals surface area contributed by atoms with Crippen LogP contribution in [0.15, 0.2) is 0 Å². The van der Waals surface area contributed by atoms with Crippen molar-refractivity contribution >= 4 is 12.0 Å². The maximum absolute atomic E-state index is 11.3. The van der Waals surface area contributed by atoms with Gasteiger partial charge in [-0.2, -0.15) is 0 Å². The zero-order chi connectivity index (χ0) is 12.8. The lowest BCUT2D eigenvalue weighted by Crippen LogP contribution is -2.47. The van der Waals surface area contributed by atoms with Gasteiger partial charge in [0, 0.05) is 12.6 Å². The molecule has 0 aliphatic carbocycles. The van der Waals surface area contributed by atoms with E-state index in [1.807, 2.05) is 13.8 Å². The first-order valence-electron chi connectivity index (χ1n) is 5.25. The van der Waals surface area contributed by atoms with E-state index < -0.39 is 24.0 Å². The highest BCUT2D eigenvalue weighted by Crippen LogP contribution is 2.07. The number of aliphatic carboxylic acids is 1. The van der Waals surface area contributed by atoms with Crippen LogP contribution in [0, 0.1) is 0 Å². The predicted octanol–water partition coefficient (Wildman–Crippen LogP) is 0.310. The molecule has 0 aromatic heterocycles. The number of urea groups is 1. The Hall–Kier alpha value is -1.30. The van der Waals surface area contributed by atoms with Gasteiger partial charge in [0.2, 0.25) is 0 Å². The molecule has 0 heterocycles. The molecule has 0 saturated carbocycles. The molecule has 2 amide bonds. The number of carboxylic acid groups (broad SMARTS) is 1. The molecule has 0 radical (unpaired) electrons. The van der Waals surface area contributed by atoms with Gasteiger partial charge in [0.05, 0.1) is 12.0 Å². The highest BCUT2D eigenvalue weighted by molar-refractivity contribution is 5.74. The first-order valence-corrected chi connectivity index (χ1v) is 5.25. The summed E-state index contributed by atoms with van der Waals surface area (Å²) in [5.74, 6) is -1.10. The van der Waals surface area contributed by atoms with E-state index in [1.165, 1.54) is 6.92 Å². The summed E-state index contributed by atoms with van der Waals surface area (Å²) in [7, 11) is 0. The van der Waals surface area contributed by atoms with Crippen molar-refractivity contribution in [2.24, 2.45) is 0 Å². The average Bonchev–Trinajstić information content (AvgIpc) is 2.13. The molecule has 0 spiro atoms. The van der Waals surface area contributed by atoms with Gasteiger partial charge >= 0.3 is 12.0 Å². The standard InChI is InChI=1S/C10H20N2O4/c1-4-7(2)12-9(15)11-6-10(3,16)5-8(13)14/h7,16H,4-6H2,1-3H3,(H,13,14)(H2,11,12,15). The van der Waals surface area contributed by atoms with Crippen LogP contribution in [0.25, 0.3) is 0 Å². The molecule has 0 saturated heterocycles. The fourth-order valence-electron chi connectivity index (χ4n) is 1.04. The van der Waals surface area contributed by atoms with E-state index in [0.29, 0.717) is 0 Å². The van der Waals surface area contributed by atoms with Crippen LogP contribution in [0.3, 0.4) is 0 Å². The third kappa shape index (κ3) is 7.05.